The lowest BCUT2D eigenvalue weighted by Gasteiger charge is -2.08. The highest BCUT2D eigenvalue weighted by Gasteiger charge is 2.21. The van der Waals surface area contributed by atoms with Gasteiger partial charge in [0, 0.05) is 12.7 Å². The number of carboxylic acids is 1. The summed E-state index contributed by atoms with van der Waals surface area (Å²) in [6.07, 6.45) is 0. The Morgan fingerprint density at radius 2 is 1.85 bits per heavy atom. The van der Waals surface area contributed by atoms with Crippen molar-refractivity contribution in [1.29, 1.82) is 0 Å². The smallest absolute Gasteiger partial charge is 0.341 e. The number of hydrogen-bond acceptors (Lipinski definition) is 3. The molecule has 0 saturated carbocycles. The molecule has 0 spiro atoms. The van der Waals surface area contributed by atoms with Crippen LogP contribution in [0.15, 0.2) is 30.3 Å². The summed E-state index contributed by atoms with van der Waals surface area (Å²) in [6.45, 7) is 1.57. The van der Waals surface area contributed by atoms with Gasteiger partial charge in [-0.1, -0.05) is 18.2 Å². The van der Waals surface area contributed by atoms with Crippen molar-refractivity contribution in [1.82, 2.24) is 9.78 Å². The molecule has 1 heterocycles. The van der Waals surface area contributed by atoms with E-state index in [2.05, 4.69) is 15.7 Å². The van der Waals surface area contributed by atoms with Gasteiger partial charge in [-0.25, -0.2) is 9.59 Å². The molecule has 1 aromatic carbocycles. The number of hydrogen-bond donors (Lipinski definition) is 3. The molecule has 0 aliphatic carbocycles. The predicted octanol–water partition coefficient (Wildman–Crippen LogP) is 2.07. The minimum absolute atomic E-state index is 0.0179. The van der Waals surface area contributed by atoms with Crippen LogP contribution in [0.25, 0.3) is 0 Å². The highest BCUT2D eigenvalue weighted by atomic mass is 16.4. The van der Waals surface area contributed by atoms with Crippen LogP contribution in [0.4, 0.5) is 16.3 Å². The van der Waals surface area contributed by atoms with Crippen LogP contribution in [0.1, 0.15) is 16.1 Å². The number of urea groups is 1. The molecule has 0 radical (unpaired) electrons. The molecule has 3 N–H and O–H groups in total. The van der Waals surface area contributed by atoms with E-state index < -0.39 is 12.0 Å². The second-order valence-corrected chi connectivity index (χ2v) is 4.18. The van der Waals surface area contributed by atoms with Crippen molar-refractivity contribution in [3.8, 4) is 0 Å². The molecule has 7 heteroatoms. The standard InChI is InChI=1S/C13H14N4O3/c1-8-10(12(18)19)11(17(2)16-8)15-13(20)14-9-6-4-3-5-7-9/h3-7H,1-2H3,(H,18,19)(H2,14,15,20). The third-order valence-electron chi connectivity index (χ3n) is 2.70. The number of anilines is 2. The Bertz CT molecular complexity index is 649. The van der Waals surface area contributed by atoms with E-state index in [4.69, 9.17) is 5.11 Å². The summed E-state index contributed by atoms with van der Waals surface area (Å²) in [5.41, 5.74) is 0.937. The van der Waals surface area contributed by atoms with Crippen LogP contribution >= 0.6 is 0 Å². The molecule has 0 atom stereocenters. The highest BCUT2D eigenvalue weighted by molar-refractivity contribution is 6.04. The number of aromatic nitrogens is 2. The van der Waals surface area contributed by atoms with Crippen molar-refractivity contribution in [3.63, 3.8) is 0 Å². The van der Waals surface area contributed by atoms with Gasteiger partial charge in [-0.3, -0.25) is 10.00 Å². The van der Waals surface area contributed by atoms with Crippen molar-refractivity contribution in [3.05, 3.63) is 41.6 Å². The molecule has 2 amide bonds. The molecular weight excluding hydrogens is 260 g/mol. The van der Waals surface area contributed by atoms with Crippen LogP contribution in [0.5, 0.6) is 0 Å². The molecule has 20 heavy (non-hydrogen) atoms. The Labute approximate surface area is 115 Å². The average molecular weight is 274 g/mol. The Morgan fingerprint density at radius 1 is 1.20 bits per heavy atom. The molecule has 2 aromatic rings. The third-order valence-corrected chi connectivity index (χ3v) is 2.70. The lowest BCUT2D eigenvalue weighted by Crippen LogP contribution is -2.22. The zero-order chi connectivity index (χ0) is 14.7. The number of benzene rings is 1. The molecule has 0 fully saturated rings. The highest BCUT2D eigenvalue weighted by Crippen LogP contribution is 2.19. The summed E-state index contributed by atoms with van der Waals surface area (Å²) in [5, 5.41) is 18.2. The first-order valence-electron chi connectivity index (χ1n) is 5.89. The SMILES string of the molecule is Cc1nn(C)c(NC(=O)Nc2ccccc2)c1C(=O)O. The number of para-hydroxylation sites is 1. The molecule has 0 unspecified atom stereocenters. The van der Waals surface area contributed by atoms with Gasteiger partial charge >= 0.3 is 12.0 Å². The van der Waals surface area contributed by atoms with Gasteiger partial charge in [0.15, 0.2) is 0 Å². The van der Waals surface area contributed by atoms with Crippen LogP contribution in [0.3, 0.4) is 0 Å². The Morgan fingerprint density at radius 3 is 2.45 bits per heavy atom. The molecule has 0 saturated heterocycles. The number of aromatic carboxylic acids is 1. The van der Waals surface area contributed by atoms with Crippen LogP contribution in [0.2, 0.25) is 0 Å². The van der Waals surface area contributed by atoms with Crippen LogP contribution in [0, 0.1) is 6.92 Å². The first-order valence-corrected chi connectivity index (χ1v) is 5.89. The molecule has 7 nitrogen and oxygen atoms in total. The lowest BCUT2D eigenvalue weighted by molar-refractivity contribution is 0.0697. The van der Waals surface area contributed by atoms with Gasteiger partial charge in [-0.05, 0) is 19.1 Å². The van der Waals surface area contributed by atoms with E-state index in [0.29, 0.717) is 11.4 Å². The van der Waals surface area contributed by atoms with Gasteiger partial charge in [-0.15, -0.1) is 0 Å². The van der Waals surface area contributed by atoms with Crippen molar-refractivity contribution in [2.24, 2.45) is 7.05 Å². The first kappa shape index (κ1) is 13.6. The second-order valence-electron chi connectivity index (χ2n) is 4.18. The summed E-state index contributed by atoms with van der Waals surface area (Å²) in [5.74, 6) is -0.992. The lowest BCUT2D eigenvalue weighted by atomic mass is 10.2. The monoisotopic (exact) mass is 274 g/mol. The van der Waals surface area contributed by atoms with E-state index in [9.17, 15) is 9.59 Å². The largest absolute Gasteiger partial charge is 0.477 e. The predicted molar refractivity (Wildman–Crippen MR) is 74.0 cm³/mol. The minimum atomic E-state index is -1.13. The maximum atomic E-state index is 11.9. The molecule has 104 valence electrons. The number of rotatable bonds is 3. The van der Waals surface area contributed by atoms with E-state index in [1.807, 2.05) is 6.07 Å². The summed E-state index contributed by atoms with van der Waals surface area (Å²) < 4.78 is 1.32. The molecule has 0 aliphatic rings. The Kier molecular flexibility index (Phi) is 3.69. The maximum Gasteiger partial charge on any atom is 0.341 e. The summed E-state index contributed by atoms with van der Waals surface area (Å²) >= 11 is 0. The summed E-state index contributed by atoms with van der Waals surface area (Å²) in [6, 6.07) is 8.33. The quantitative estimate of drug-likeness (QED) is 0.798. The third kappa shape index (κ3) is 2.77. The van der Waals surface area contributed by atoms with Gasteiger partial charge in [-0.2, -0.15) is 5.10 Å². The van der Waals surface area contributed by atoms with E-state index in [1.54, 1.807) is 38.2 Å². The van der Waals surface area contributed by atoms with Crippen molar-refractivity contribution in [2.75, 3.05) is 10.6 Å². The molecule has 0 aliphatic heterocycles. The molecule has 1 aromatic heterocycles. The number of aryl methyl sites for hydroxylation is 2. The van der Waals surface area contributed by atoms with Gasteiger partial charge in [0.25, 0.3) is 0 Å². The summed E-state index contributed by atoms with van der Waals surface area (Å²) in [4.78, 5) is 23.0. The molecular formula is C13H14N4O3. The zero-order valence-electron chi connectivity index (χ0n) is 11.0. The van der Waals surface area contributed by atoms with Crippen LogP contribution in [-0.4, -0.2) is 26.9 Å². The fourth-order valence-corrected chi connectivity index (χ4v) is 1.85. The number of carbonyl (C=O) groups excluding carboxylic acids is 1. The van der Waals surface area contributed by atoms with Gasteiger partial charge in [0.2, 0.25) is 0 Å². The Balaban J connectivity index is 2.18. The Hall–Kier alpha value is -2.83. The van der Waals surface area contributed by atoms with Crippen LogP contribution in [-0.2, 0) is 7.05 Å². The van der Waals surface area contributed by atoms with Crippen molar-refractivity contribution >= 4 is 23.5 Å². The van der Waals surface area contributed by atoms with Gasteiger partial charge < -0.3 is 10.4 Å². The van der Waals surface area contributed by atoms with Gasteiger partial charge in [0.05, 0.1) is 5.69 Å². The average Bonchev–Trinajstić information content (AvgIpc) is 2.65. The number of carboxylic acid groups (broad SMARTS) is 1. The van der Waals surface area contributed by atoms with E-state index in [0.717, 1.165) is 0 Å². The van der Waals surface area contributed by atoms with E-state index in [-0.39, 0.29) is 11.4 Å². The maximum absolute atomic E-state index is 11.9. The first-order chi connectivity index (χ1) is 9.49. The number of nitrogens with zero attached hydrogens (tertiary/aromatic N) is 2. The number of amides is 2. The normalized spacial score (nSPS) is 10.1. The number of carbonyl (C=O) groups is 2. The van der Waals surface area contributed by atoms with Crippen molar-refractivity contribution < 1.29 is 14.7 Å². The van der Waals surface area contributed by atoms with Crippen molar-refractivity contribution in [2.45, 2.75) is 6.92 Å². The van der Waals surface area contributed by atoms with Crippen LogP contribution < -0.4 is 10.6 Å². The van der Waals surface area contributed by atoms with Gasteiger partial charge in [0.1, 0.15) is 11.4 Å². The topological polar surface area (TPSA) is 96.3 Å². The number of nitrogens with one attached hydrogen (secondary N) is 2. The zero-order valence-corrected chi connectivity index (χ0v) is 11.0. The molecule has 2 rings (SSSR count). The fraction of sp³-hybridized carbons (Fsp3) is 0.154. The van der Waals surface area contributed by atoms with E-state index >= 15 is 0 Å². The summed E-state index contributed by atoms with van der Waals surface area (Å²) in [7, 11) is 1.57. The van der Waals surface area contributed by atoms with E-state index in [1.165, 1.54) is 4.68 Å². The minimum Gasteiger partial charge on any atom is -0.477 e. The fourth-order valence-electron chi connectivity index (χ4n) is 1.85. The second kappa shape index (κ2) is 5.43. The molecule has 0 bridgehead atoms.